The maximum absolute atomic E-state index is 11.6. The zero-order valence-electron chi connectivity index (χ0n) is 12.0. The van der Waals surface area contributed by atoms with Gasteiger partial charge in [-0.1, -0.05) is 13.8 Å². The minimum atomic E-state index is -0.779. The van der Waals surface area contributed by atoms with Gasteiger partial charge in [-0.25, -0.2) is 14.8 Å². The summed E-state index contributed by atoms with van der Waals surface area (Å²) in [5.41, 5.74) is 0.617. The van der Waals surface area contributed by atoms with Gasteiger partial charge in [-0.15, -0.1) is 0 Å². The molecule has 5 heteroatoms. The number of anilines is 1. The minimum Gasteiger partial charge on any atom is -0.480 e. The molecular weight excluding hydrogens is 242 g/mol. The van der Waals surface area contributed by atoms with Crippen LogP contribution in [-0.2, 0) is 4.79 Å². The second-order valence-corrected chi connectivity index (χ2v) is 5.94. The molecule has 0 saturated carbocycles. The molecule has 1 N–H and O–H groups in total. The van der Waals surface area contributed by atoms with Crippen LogP contribution in [0.3, 0.4) is 0 Å². The number of aliphatic carboxylic acids is 1. The number of hydrogen-bond donors (Lipinski definition) is 1. The van der Waals surface area contributed by atoms with Gasteiger partial charge >= 0.3 is 5.97 Å². The summed E-state index contributed by atoms with van der Waals surface area (Å²) in [6.07, 6.45) is 1.91. The van der Waals surface area contributed by atoms with Crippen LogP contribution in [0, 0.1) is 19.3 Å². The van der Waals surface area contributed by atoms with E-state index in [4.69, 9.17) is 0 Å². The van der Waals surface area contributed by atoms with Gasteiger partial charge in [0.25, 0.3) is 0 Å². The van der Waals surface area contributed by atoms with Gasteiger partial charge in [0.1, 0.15) is 17.7 Å². The SMILES string of the molecule is Cc1cc(N2CCCC(C)(C)C2C(=O)O)nc(C)n1. The van der Waals surface area contributed by atoms with Gasteiger partial charge in [-0.2, -0.15) is 0 Å². The summed E-state index contributed by atoms with van der Waals surface area (Å²) < 4.78 is 0. The highest BCUT2D eigenvalue weighted by Crippen LogP contribution is 2.37. The van der Waals surface area contributed by atoms with E-state index in [2.05, 4.69) is 9.97 Å². The van der Waals surface area contributed by atoms with Crippen LogP contribution in [-0.4, -0.2) is 33.6 Å². The van der Waals surface area contributed by atoms with E-state index in [1.807, 2.05) is 38.7 Å². The lowest BCUT2D eigenvalue weighted by Gasteiger charge is -2.44. The Morgan fingerprint density at radius 3 is 2.68 bits per heavy atom. The van der Waals surface area contributed by atoms with Crippen LogP contribution in [0.25, 0.3) is 0 Å². The molecule has 5 nitrogen and oxygen atoms in total. The summed E-state index contributed by atoms with van der Waals surface area (Å²) in [6, 6.07) is 1.33. The minimum absolute atomic E-state index is 0.253. The molecule has 0 aromatic carbocycles. The van der Waals surface area contributed by atoms with Crippen molar-refractivity contribution in [2.75, 3.05) is 11.4 Å². The Balaban J connectivity index is 2.43. The molecule has 0 radical (unpaired) electrons. The monoisotopic (exact) mass is 263 g/mol. The van der Waals surface area contributed by atoms with Crippen molar-refractivity contribution in [1.29, 1.82) is 0 Å². The normalized spacial score (nSPS) is 22.3. The lowest BCUT2D eigenvalue weighted by Crippen LogP contribution is -2.54. The van der Waals surface area contributed by atoms with Crippen LogP contribution in [0.2, 0.25) is 0 Å². The van der Waals surface area contributed by atoms with Crippen molar-refractivity contribution in [2.24, 2.45) is 5.41 Å². The van der Waals surface area contributed by atoms with Gasteiger partial charge in [-0.05, 0) is 32.1 Å². The van der Waals surface area contributed by atoms with Crippen LogP contribution >= 0.6 is 0 Å². The summed E-state index contributed by atoms with van der Waals surface area (Å²) in [6.45, 7) is 8.50. The summed E-state index contributed by atoms with van der Waals surface area (Å²) >= 11 is 0. The molecule has 2 rings (SSSR count). The fourth-order valence-corrected chi connectivity index (χ4v) is 2.95. The molecule has 1 atom stereocenters. The first kappa shape index (κ1) is 13.8. The molecule has 19 heavy (non-hydrogen) atoms. The molecule has 2 heterocycles. The number of aromatic nitrogens is 2. The lowest BCUT2D eigenvalue weighted by atomic mass is 9.76. The van der Waals surface area contributed by atoms with E-state index in [-0.39, 0.29) is 5.41 Å². The number of aryl methyl sites for hydroxylation is 2. The maximum Gasteiger partial charge on any atom is 0.326 e. The average molecular weight is 263 g/mol. The topological polar surface area (TPSA) is 66.3 Å². The van der Waals surface area contributed by atoms with Crippen LogP contribution in [0.15, 0.2) is 6.07 Å². The zero-order chi connectivity index (χ0) is 14.2. The van der Waals surface area contributed by atoms with Gasteiger partial charge in [0.05, 0.1) is 0 Å². The van der Waals surface area contributed by atoms with Gasteiger partial charge in [-0.3, -0.25) is 0 Å². The Bertz CT molecular complexity index is 479. The van der Waals surface area contributed by atoms with Crippen molar-refractivity contribution in [3.05, 3.63) is 17.6 Å². The Labute approximate surface area is 113 Å². The van der Waals surface area contributed by atoms with Crippen LogP contribution in [0.5, 0.6) is 0 Å². The third kappa shape index (κ3) is 2.69. The fraction of sp³-hybridized carbons (Fsp3) is 0.643. The highest BCUT2D eigenvalue weighted by molar-refractivity contribution is 5.79. The highest BCUT2D eigenvalue weighted by Gasteiger charge is 2.43. The molecule has 1 aromatic heterocycles. The predicted molar refractivity (Wildman–Crippen MR) is 73.3 cm³/mol. The number of carboxylic acid groups (broad SMARTS) is 1. The number of piperidine rings is 1. The Morgan fingerprint density at radius 1 is 1.42 bits per heavy atom. The summed E-state index contributed by atoms with van der Waals surface area (Å²) in [5, 5.41) is 9.56. The highest BCUT2D eigenvalue weighted by atomic mass is 16.4. The van der Waals surface area contributed by atoms with E-state index in [0.29, 0.717) is 5.82 Å². The molecule has 1 unspecified atom stereocenters. The number of nitrogens with zero attached hydrogens (tertiary/aromatic N) is 3. The summed E-state index contributed by atoms with van der Waals surface area (Å²) in [4.78, 5) is 22.2. The largest absolute Gasteiger partial charge is 0.480 e. The average Bonchev–Trinajstić information content (AvgIpc) is 2.25. The van der Waals surface area contributed by atoms with E-state index < -0.39 is 12.0 Å². The number of hydrogen-bond acceptors (Lipinski definition) is 4. The molecule has 0 spiro atoms. The summed E-state index contributed by atoms with van der Waals surface area (Å²) in [5.74, 6) is 0.631. The number of carboxylic acids is 1. The first-order valence-corrected chi connectivity index (χ1v) is 6.63. The third-order valence-electron chi connectivity index (χ3n) is 3.75. The number of rotatable bonds is 2. The van der Waals surface area contributed by atoms with Crippen molar-refractivity contribution >= 4 is 11.8 Å². The smallest absolute Gasteiger partial charge is 0.326 e. The third-order valence-corrected chi connectivity index (χ3v) is 3.75. The summed E-state index contributed by atoms with van der Waals surface area (Å²) in [7, 11) is 0. The fourth-order valence-electron chi connectivity index (χ4n) is 2.95. The quantitative estimate of drug-likeness (QED) is 0.885. The molecule has 0 bridgehead atoms. The lowest BCUT2D eigenvalue weighted by molar-refractivity contribution is -0.142. The number of carbonyl (C=O) groups is 1. The maximum atomic E-state index is 11.6. The van der Waals surface area contributed by atoms with Gasteiger partial charge < -0.3 is 10.0 Å². The van der Waals surface area contributed by atoms with Crippen molar-refractivity contribution < 1.29 is 9.90 Å². The Hall–Kier alpha value is -1.65. The molecule has 0 aliphatic carbocycles. The molecule has 1 saturated heterocycles. The van der Waals surface area contributed by atoms with E-state index in [1.165, 1.54) is 0 Å². The molecule has 1 aliphatic heterocycles. The van der Waals surface area contributed by atoms with E-state index in [9.17, 15) is 9.90 Å². The van der Waals surface area contributed by atoms with E-state index in [1.54, 1.807) is 0 Å². The predicted octanol–water partition coefficient (Wildman–Crippen LogP) is 2.17. The van der Waals surface area contributed by atoms with Crippen molar-refractivity contribution in [3.63, 3.8) is 0 Å². The molecule has 0 amide bonds. The second kappa shape index (κ2) is 4.79. The van der Waals surface area contributed by atoms with E-state index >= 15 is 0 Å². The van der Waals surface area contributed by atoms with Gasteiger partial charge in [0, 0.05) is 18.3 Å². The van der Waals surface area contributed by atoms with Crippen LogP contribution < -0.4 is 4.90 Å². The van der Waals surface area contributed by atoms with Crippen LogP contribution in [0.1, 0.15) is 38.2 Å². The van der Waals surface area contributed by atoms with Crippen molar-refractivity contribution in [1.82, 2.24) is 9.97 Å². The molecule has 1 aliphatic rings. The second-order valence-electron chi connectivity index (χ2n) is 5.94. The first-order valence-electron chi connectivity index (χ1n) is 6.63. The Morgan fingerprint density at radius 2 is 2.11 bits per heavy atom. The van der Waals surface area contributed by atoms with Gasteiger partial charge in [0.15, 0.2) is 0 Å². The van der Waals surface area contributed by atoms with Crippen LogP contribution in [0.4, 0.5) is 5.82 Å². The van der Waals surface area contributed by atoms with Crippen molar-refractivity contribution in [3.8, 4) is 0 Å². The van der Waals surface area contributed by atoms with E-state index in [0.717, 1.165) is 30.9 Å². The first-order chi connectivity index (χ1) is 8.81. The zero-order valence-corrected chi connectivity index (χ0v) is 12.0. The molecule has 1 fully saturated rings. The van der Waals surface area contributed by atoms with Crippen molar-refractivity contribution in [2.45, 2.75) is 46.6 Å². The van der Waals surface area contributed by atoms with Gasteiger partial charge in [0.2, 0.25) is 0 Å². The molecule has 104 valence electrons. The Kier molecular flexibility index (Phi) is 3.47. The molecule has 1 aromatic rings. The standard InChI is InChI=1S/C14H21N3O2/c1-9-8-11(16-10(2)15-9)17-7-5-6-14(3,4)12(17)13(18)19/h8,12H,5-7H2,1-4H3,(H,18,19). The molecular formula is C14H21N3O2.